The van der Waals surface area contributed by atoms with E-state index in [-0.39, 0.29) is 0 Å². The molecule has 1 saturated carbocycles. The normalized spacial score (nSPS) is 35.7. The van der Waals surface area contributed by atoms with Crippen molar-refractivity contribution < 1.29 is 0 Å². The van der Waals surface area contributed by atoms with Gasteiger partial charge in [0, 0.05) is 0 Å². The Hall–Kier alpha value is -0.520. The standard InChI is InChI=1S/C15H22/c1-2-5-12(6-3-1)15-10-9-13-7-4-8-14(13)11-15/h5,11,13-14H,1-4,6-10H2. The summed E-state index contributed by atoms with van der Waals surface area (Å²) >= 11 is 0. The Labute approximate surface area is 93.5 Å². The molecule has 3 aliphatic rings. The number of allylic oxidation sites excluding steroid dienone is 4. The van der Waals surface area contributed by atoms with E-state index in [1.165, 1.54) is 57.8 Å². The lowest BCUT2D eigenvalue weighted by Gasteiger charge is -2.27. The highest BCUT2D eigenvalue weighted by atomic mass is 14.3. The van der Waals surface area contributed by atoms with E-state index >= 15 is 0 Å². The van der Waals surface area contributed by atoms with Crippen molar-refractivity contribution in [3.63, 3.8) is 0 Å². The van der Waals surface area contributed by atoms with E-state index in [4.69, 9.17) is 0 Å². The summed E-state index contributed by atoms with van der Waals surface area (Å²) in [6.07, 6.45) is 18.0. The summed E-state index contributed by atoms with van der Waals surface area (Å²) in [5.41, 5.74) is 3.45. The van der Waals surface area contributed by atoms with Gasteiger partial charge in [-0.25, -0.2) is 0 Å². The molecule has 82 valence electrons. The quantitative estimate of drug-likeness (QED) is 0.582. The smallest absolute Gasteiger partial charge is 0.0199 e. The minimum Gasteiger partial charge on any atom is -0.0811 e. The fourth-order valence-electron chi connectivity index (χ4n) is 3.72. The third-order valence-electron chi connectivity index (χ3n) is 4.62. The van der Waals surface area contributed by atoms with Crippen LogP contribution in [-0.2, 0) is 0 Å². The van der Waals surface area contributed by atoms with Crippen LogP contribution in [0, 0.1) is 11.8 Å². The molecule has 0 amide bonds. The molecule has 0 spiro atoms. The summed E-state index contributed by atoms with van der Waals surface area (Å²) in [5.74, 6) is 2.01. The van der Waals surface area contributed by atoms with Gasteiger partial charge in [0.15, 0.2) is 0 Å². The van der Waals surface area contributed by atoms with Gasteiger partial charge in [0.1, 0.15) is 0 Å². The molecule has 0 aromatic heterocycles. The van der Waals surface area contributed by atoms with E-state index in [0.717, 1.165) is 11.8 Å². The van der Waals surface area contributed by atoms with E-state index in [2.05, 4.69) is 12.2 Å². The Morgan fingerprint density at radius 1 is 0.867 bits per heavy atom. The van der Waals surface area contributed by atoms with Crippen LogP contribution in [-0.4, -0.2) is 0 Å². The van der Waals surface area contributed by atoms with E-state index in [1.54, 1.807) is 11.1 Å². The largest absolute Gasteiger partial charge is 0.0811 e. The lowest BCUT2D eigenvalue weighted by Crippen LogP contribution is -2.13. The molecule has 0 N–H and O–H groups in total. The van der Waals surface area contributed by atoms with Crippen LogP contribution in [0.1, 0.15) is 57.8 Å². The van der Waals surface area contributed by atoms with Crippen LogP contribution < -0.4 is 0 Å². The second kappa shape index (κ2) is 4.15. The first kappa shape index (κ1) is 9.69. The zero-order valence-corrected chi connectivity index (χ0v) is 9.67. The highest BCUT2D eigenvalue weighted by Crippen LogP contribution is 2.43. The fourth-order valence-corrected chi connectivity index (χ4v) is 3.72. The molecule has 15 heavy (non-hydrogen) atoms. The summed E-state index contributed by atoms with van der Waals surface area (Å²) in [7, 11) is 0. The second-order valence-electron chi connectivity index (χ2n) is 5.56. The second-order valence-corrected chi connectivity index (χ2v) is 5.56. The summed E-state index contributed by atoms with van der Waals surface area (Å²) in [5, 5.41) is 0. The topological polar surface area (TPSA) is 0 Å². The lowest BCUT2D eigenvalue weighted by molar-refractivity contribution is 0.403. The van der Waals surface area contributed by atoms with Crippen LogP contribution in [0.2, 0.25) is 0 Å². The Balaban J connectivity index is 1.78. The van der Waals surface area contributed by atoms with E-state index in [0.29, 0.717) is 0 Å². The molecule has 3 rings (SSSR count). The Kier molecular flexibility index (Phi) is 2.68. The Morgan fingerprint density at radius 2 is 1.87 bits per heavy atom. The number of rotatable bonds is 1. The van der Waals surface area contributed by atoms with Gasteiger partial charge < -0.3 is 0 Å². The van der Waals surface area contributed by atoms with Gasteiger partial charge in [0.05, 0.1) is 0 Å². The van der Waals surface area contributed by atoms with Gasteiger partial charge in [-0.3, -0.25) is 0 Å². The molecule has 0 aliphatic heterocycles. The minimum atomic E-state index is 0.955. The monoisotopic (exact) mass is 202 g/mol. The average molecular weight is 202 g/mol. The van der Waals surface area contributed by atoms with Crippen LogP contribution in [0.3, 0.4) is 0 Å². The van der Waals surface area contributed by atoms with E-state index < -0.39 is 0 Å². The number of hydrogen-bond donors (Lipinski definition) is 0. The molecule has 0 nitrogen and oxygen atoms in total. The van der Waals surface area contributed by atoms with Crippen LogP contribution in [0.25, 0.3) is 0 Å². The number of fused-ring (bicyclic) bond motifs is 1. The summed E-state index contributed by atoms with van der Waals surface area (Å²) in [6, 6.07) is 0. The van der Waals surface area contributed by atoms with Gasteiger partial charge in [0.25, 0.3) is 0 Å². The van der Waals surface area contributed by atoms with Crippen molar-refractivity contribution in [3.8, 4) is 0 Å². The lowest BCUT2D eigenvalue weighted by atomic mass is 9.79. The van der Waals surface area contributed by atoms with Gasteiger partial charge in [-0.05, 0) is 74.3 Å². The number of hydrogen-bond acceptors (Lipinski definition) is 0. The SMILES string of the molecule is C1=C(C2=CC3CCCC3CC2)CCCC1. The highest BCUT2D eigenvalue weighted by molar-refractivity contribution is 5.34. The zero-order chi connectivity index (χ0) is 10.1. The van der Waals surface area contributed by atoms with Crippen molar-refractivity contribution in [2.45, 2.75) is 57.8 Å². The first-order valence-corrected chi connectivity index (χ1v) is 6.83. The van der Waals surface area contributed by atoms with Crippen LogP contribution >= 0.6 is 0 Å². The van der Waals surface area contributed by atoms with Crippen molar-refractivity contribution in [2.75, 3.05) is 0 Å². The van der Waals surface area contributed by atoms with Crippen molar-refractivity contribution in [1.29, 1.82) is 0 Å². The van der Waals surface area contributed by atoms with Crippen molar-refractivity contribution in [1.82, 2.24) is 0 Å². The Morgan fingerprint density at radius 3 is 2.73 bits per heavy atom. The van der Waals surface area contributed by atoms with Crippen LogP contribution in [0.5, 0.6) is 0 Å². The van der Waals surface area contributed by atoms with Gasteiger partial charge in [0.2, 0.25) is 0 Å². The molecule has 0 bridgehead atoms. The molecule has 0 heteroatoms. The predicted molar refractivity (Wildman–Crippen MR) is 64.7 cm³/mol. The summed E-state index contributed by atoms with van der Waals surface area (Å²) in [4.78, 5) is 0. The highest BCUT2D eigenvalue weighted by Gasteiger charge is 2.29. The molecule has 0 aromatic carbocycles. The van der Waals surface area contributed by atoms with Crippen LogP contribution in [0.4, 0.5) is 0 Å². The molecule has 0 aromatic rings. The molecule has 3 aliphatic carbocycles. The van der Waals surface area contributed by atoms with E-state index in [9.17, 15) is 0 Å². The first-order valence-electron chi connectivity index (χ1n) is 6.83. The van der Waals surface area contributed by atoms with Gasteiger partial charge in [-0.15, -0.1) is 0 Å². The van der Waals surface area contributed by atoms with Crippen molar-refractivity contribution in [2.24, 2.45) is 11.8 Å². The molecular formula is C15H22. The Bertz CT molecular complexity index is 295. The minimum absolute atomic E-state index is 0.955. The third-order valence-corrected chi connectivity index (χ3v) is 4.62. The predicted octanol–water partition coefficient (Wildman–Crippen LogP) is 4.62. The van der Waals surface area contributed by atoms with Crippen molar-refractivity contribution in [3.05, 3.63) is 23.3 Å². The first-order chi connectivity index (χ1) is 7.43. The average Bonchev–Trinajstić information content (AvgIpc) is 2.77. The van der Waals surface area contributed by atoms with Gasteiger partial charge >= 0.3 is 0 Å². The maximum atomic E-state index is 2.65. The molecule has 0 heterocycles. The maximum absolute atomic E-state index is 2.65. The molecular weight excluding hydrogens is 180 g/mol. The maximum Gasteiger partial charge on any atom is -0.0199 e. The molecule has 1 fully saturated rings. The molecule has 0 radical (unpaired) electrons. The third kappa shape index (κ3) is 1.91. The zero-order valence-electron chi connectivity index (χ0n) is 9.67. The fraction of sp³-hybridized carbons (Fsp3) is 0.733. The van der Waals surface area contributed by atoms with Gasteiger partial charge in [-0.1, -0.05) is 18.6 Å². The summed E-state index contributed by atoms with van der Waals surface area (Å²) in [6.45, 7) is 0. The van der Waals surface area contributed by atoms with Crippen molar-refractivity contribution >= 4 is 0 Å². The molecule has 2 unspecified atom stereocenters. The van der Waals surface area contributed by atoms with Crippen LogP contribution in [0.15, 0.2) is 23.3 Å². The van der Waals surface area contributed by atoms with E-state index in [1.807, 2.05) is 0 Å². The summed E-state index contributed by atoms with van der Waals surface area (Å²) < 4.78 is 0. The molecule has 2 atom stereocenters. The van der Waals surface area contributed by atoms with Gasteiger partial charge in [-0.2, -0.15) is 0 Å². The molecule has 0 saturated heterocycles.